The first-order valence-electron chi connectivity index (χ1n) is 5.22. The van der Waals surface area contributed by atoms with Gasteiger partial charge in [-0.15, -0.1) is 0 Å². The molecule has 0 aliphatic carbocycles. The van der Waals surface area contributed by atoms with Crippen LogP contribution in [-0.4, -0.2) is 10.1 Å². The van der Waals surface area contributed by atoms with Gasteiger partial charge >= 0.3 is 0 Å². The molecule has 0 spiro atoms. The second kappa shape index (κ2) is 4.14. The molecule has 0 saturated carbocycles. The average molecular weight is 232 g/mol. The molecule has 4 heteroatoms. The molecule has 88 valence electrons. The molecule has 0 aliphatic rings. The third kappa shape index (κ3) is 1.99. The zero-order chi connectivity index (χ0) is 12.5. The summed E-state index contributed by atoms with van der Waals surface area (Å²) in [7, 11) is 0. The van der Waals surface area contributed by atoms with E-state index in [9.17, 15) is 9.50 Å². The van der Waals surface area contributed by atoms with Crippen molar-refractivity contribution in [3.63, 3.8) is 0 Å². The second-order valence-corrected chi connectivity index (χ2v) is 3.99. The van der Waals surface area contributed by atoms with Gasteiger partial charge in [0.1, 0.15) is 17.2 Å². The molecule has 0 bridgehead atoms. The highest BCUT2D eigenvalue weighted by atomic mass is 19.1. The minimum atomic E-state index is -1.50. The van der Waals surface area contributed by atoms with E-state index in [4.69, 9.17) is 5.73 Å². The first kappa shape index (κ1) is 11.5. The maximum absolute atomic E-state index is 13.7. The lowest BCUT2D eigenvalue weighted by Crippen LogP contribution is -2.26. The first-order chi connectivity index (χ1) is 8.03. The van der Waals surface area contributed by atoms with Crippen LogP contribution in [-0.2, 0) is 5.60 Å². The van der Waals surface area contributed by atoms with E-state index in [1.165, 1.54) is 25.3 Å². The lowest BCUT2D eigenvalue weighted by Gasteiger charge is -2.25. The molecule has 3 nitrogen and oxygen atoms in total. The molecule has 1 atom stereocenters. The Labute approximate surface area is 98.7 Å². The lowest BCUT2D eigenvalue weighted by atomic mass is 9.88. The van der Waals surface area contributed by atoms with E-state index in [2.05, 4.69) is 4.98 Å². The highest BCUT2D eigenvalue weighted by Crippen LogP contribution is 2.32. The molecule has 1 aromatic carbocycles. The highest BCUT2D eigenvalue weighted by Gasteiger charge is 2.30. The number of rotatable bonds is 2. The number of aliphatic hydroxyl groups is 1. The molecule has 0 radical (unpaired) electrons. The maximum Gasteiger partial charge on any atom is 0.129 e. The number of nitrogens with zero attached hydrogens (tertiary/aromatic N) is 1. The fourth-order valence-electron chi connectivity index (χ4n) is 1.83. The van der Waals surface area contributed by atoms with Gasteiger partial charge in [0.05, 0.1) is 0 Å². The van der Waals surface area contributed by atoms with Crippen molar-refractivity contribution < 1.29 is 9.50 Å². The van der Waals surface area contributed by atoms with Crippen molar-refractivity contribution in [2.45, 2.75) is 12.5 Å². The summed E-state index contributed by atoms with van der Waals surface area (Å²) in [6, 6.07) is 9.36. The van der Waals surface area contributed by atoms with Crippen molar-refractivity contribution in [3.05, 3.63) is 59.5 Å². The summed E-state index contributed by atoms with van der Waals surface area (Å²) in [6.07, 6.45) is 1.52. The molecule has 1 unspecified atom stereocenters. The summed E-state index contributed by atoms with van der Waals surface area (Å²) in [5, 5.41) is 10.5. The third-order valence-electron chi connectivity index (χ3n) is 2.76. The van der Waals surface area contributed by atoms with Crippen LogP contribution in [0.15, 0.2) is 42.6 Å². The molecule has 3 N–H and O–H groups in total. The number of nitrogens with two attached hydrogens (primary N) is 1. The summed E-state index contributed by atoms with van der Waals surface area (Å²) >= 11 is 0. The van der Waals surface area contributed by atoms with E-state index in [-0.39, 0.29) is 11.4 Å². The van der Waals surface area contributed by atoms with Crippen LogP contribution in [0.1, 0.15) is 18.1 Å². The molecule has 2 aromatic rings. The Morgan fingerprint density at radius 2 is 1.82 bits per heavy atom. The molecule has 2 rings (SSSR count). The number of hydrogen-bond acceptors (Lipinski definition) is 3. The van der Waals surface area contributed by atoms with E-state index >= 15 is 0 Å². The predicted octanol–water partition coefficient (Wildman–Crippen LogP) is 2.06. The quantitative estimate of drug-likeness (QED) is 0.833. The van der Waals surface area contributed by atoms with E-state index < -0.39 is 11.4 Å². The summed E-state index contributed by atoms with van der Waals surface area (Å²) in [5.41, 5.74) is 4.78. The highest BCUT2D eigenvalue weighted by molar-refractivity contribution is 5.47. The molecule has 1 heterocycles. The molecular formula is C13H13FN2O. The van der Waals surface area contributed by atoms with E-state index in [1.807, 2.05) is 0 Å². The molecular weight excluding hydrogens is 219 g/mol. The molecule has 0 aliphatic heterocycles. The number of anilines is 1. The Kier molecular flexibility index (Phi) is 2.81. The predicted molar refractivity (Wildman–Crippen MR) is 63.7 cm³/mol. The number of nitrogen functional groups attached to an aromatic ring is 1. The number of hydrogen-bond donors (Lipinski definition) is 2. The van der Waals surface area contributed by atoms with Gasteiger partial charge in [0.25, 0.3) is 0 Å². The normalized spacial score (nSPS) is 14.3. The van der Waals surface area contributed by atoms with Crippen LogP contribution in [0.25, 0.3) is 0 Å². The van der Waals surface area contributed by atoms with E-state index in [0.717, 1.165) is 0 Å². The third-order valence-corrected chi connectivity index (χ3v) is 2.76. The Morgan fingerprint density at radius 1 is 1.18 bits per heavy atom. The fourth-order valence-corrected chi connectivity index (χ4v) is 1.83. The zero-order valence-electron chi connectivity index (χ0n) is 9.39. The standard InChI is InChI=1S/C13H13FN2O/c1-13(17,9-5-2-3-7-11(9)14)10-6-4-8-16-12(10)15/h2-8,17H,1H3,(H2,15,16). The van der Waals surface area contributed by atoms with Gasteiger partial charge in [-0.3, -0.25) is 0 Å². The maximum atomic E-state index is 13.7. The number of aromatic nitrogens is 1. The largest absolute Gasteiger partial charge is 0.383 e. The van der Waals surface area contributed by atoms with Crippen LogP contribution in [0, 0.1) is 5.82 Å². The van der Waals surface area contributed by atoms with Gasteiger partial charge in [-0.25, -0.2) is 9.37 Å². The number of pyridine rings is 1. The van der Waals surface area contributed by atoms with Gasteiger partial charge in [0.2, 0.25) is 0 Å². The Hall–Kier alpha value is -1.94. The topological polar surface area (TPSA) is 59.1 Å². The van der Waals surface area contributed by atoms with Crippen LogP contribution in [0.4, 0.5) is 10.2 Å². The van der Waals surface area contributed by atoms with E-state index in [1.54, 1.807) is 24.3 Å². The number of benzene rings is 1. The van der Waals surface area contributed by atoms with Gasteiger partial charge in [-0.1, -0.05) is 24.3 Å². The SMILES string of the molecule is CC(O)(c1ccccc1F)c1cccnc1N. The fraction of sp³-hybridized carbons (Fsp3) is 0.154. The molecule has 0 saturated heterocycles. The van der Waals surface area contributed by atoms with Crippen LogP contribution < -0.4 is 5.73 Å². The minimum absolute atomic E-state index is 0.180. The van der Waals surface area contributed by atoms with Gasteiger partial charge < -0.3 is 10.8 Å². The van der Waals surface area contributed by atoms with Crippen molar-refractivity contribution in [1.82, 2.24) is 4.98 Å². The monoisotopic (exact) mass is 232 g/mol. The van der Waals surface area contributed by atoms with Crippen molar-refractivity contribution in [1.29, 1.82) is 0 Å². The van der Waals surface area contributed by atoms with Crippen LogP contribution in [0.5, 0.6) is 0 Å². The Morgan fingerprint density at radius 3 is 2.47 bits per heavy atom. The molecule has 0 amide bonds. The van der Waals surface area contributed by atoms with E-state index in [0.29, 0.717) is 5.56 Å². The van der Waals surface area contributed by atoms with Crippen molar-refractivity contribution in [2.75, 3.05) is 5.73 Å². The second-order valence-electron chi connectivity index (χ2n) is 3.99. The molecule has 0 fully saturated rings. The first-order valence-corrected chi connectivity index (χ1v) is 5.22. The zero-order valence-corrected chi connectivity index (χ0v) is 9.39. The van der Waals surface area contributed by atoms with Crippen molar-refractivity contribution in [3.8, 4) is 0 Å². The summed E-state index contributed by atoms with van der Waals surface area (Å²) in [5.74, 6) is -0.276. The smallest absolute Gasteiger partial charge is 0.129 e. The summed E-state index contributed by atoms with van der Waals surface area (Å²) in [6.45, 7) is 1.50. The lowest BCUT2D eigenvalue weighted by molar-refractivity contribution is 0.0984. The van der Waals surface area contributed by atoms with Crippen LogP contribution in [0.2, 0.25) is 0 Å². The van der Waals surface area contributed by atoms with Gasteiger partial charge in [-0.05, 0) is 19.1 Å². The average Bonchev–Trinajstić information content (AvgIpc) is 2.29. The Bertz CT molecular complexity index is 493. The minimum Gasteiger partial charge on any atom is -0.383 e. The summed E-state index contributed by atoms with van der Waals surface area (Å²) < 4.78 is 13.7. The number of halogens is 1. The van der Waals surface area contributed by atoms with Gasteiger partial charge in [0.15, 0.2) is 0 Å². The van der Waals surface area contributed by atoms with Gasteiger partial charge in [-0.2, -0.15) is 0 Å². The van der Waals surface area contributed by atoms with Crippen LogP contribution >= 0.6 is 0 Å². The van der Waals surface area contributed by atoms with Crippen molar-refractivity contribution >= 4 is 5.82 Å². The molecule has 1 aromatic heterocycles. The van der Waals surface area contributed by atoms with Crippen molar-refractivity contribution in [2.24, 2.45) is 0 Å². The van der Waals surface area contributed by atoms with Gasteiger partial charge in [0, 0.05) is 17.3 Å². The Balaban J connectivity index is 2.58. The summed E-state index contributed by atoms with van der Waals surface area (Å²) in [4.78, 5) is 3.90. The van der Waals surface area contributed by atoms with Crippen LogP contribution in [0.3, 0.4) is 0 Å². The molecule has 17 heavy (non-hydrogen) atoms.